The van der Waals surface area contributed by atoms with E-state index >= 15 is 0 Å². The lowest BCUT2D eigenvalue weighted by Gasteiger charge is -2.13. The van der Waals surface area contributed by atoms with Crippen LogP contribution in [0.4, 0.5) is 11.4 Å². The molecule has 0 aliphatic carbocycles. The smallest absolute Gasteiger partial charge is 0.262 e. The minimum Gasteiger partial charge on any atom is -0.497 e. The van der Waals surface area contributed by atoms with Gasteiger partial charge in [0.1, 0.15) is 5.75 Å². The first-order valence-electron chi connectivity index (χ1n) is 9.87. The summed E-state index contributed by atoms with van der Waals surface area (Å²) >= 11 is 5.33. The van der Waals surface area contributed by atoms with Crippen molar-refractivity contribution in [3.63, 3.8) is 0 Å². The lowest BCUT2D eigenvalue weighted by atomic mass is 10.1. The van der Waals surface area contributed by atoms with Crippen molar-refractivity contribution >= 4 is 46.3 Å². The van der Waals surface area contributed by atoms with E-state index < -0.39 is 5.91 Å². The van der Waals surface area contributed by atoms with Gasteiger partial charge in [0, 0.05) is 38.8 Å². The number of aromatic nitrogens is 2. The average Bonchev–Trinajstić information content (AvgIpc) is 2.76. The summed E-state index contributed by atoms with van der Waals surface area (Å²) in [6.07, 6.45) is 0.650. The fourth-order valence-electron chi connectivity index (χ4n) is 3.21. The summed E-state index contributed by atoms with van der Waals surface area (Å²) in [6, 6.07) is 9.64. The Balaban J connectivity index is 1.93. The maximum atomic E-state index is 12.9. The van der Waals surface area contributed by atoms with Gasteiger partial charge in [0.05, 0.1) is 29.4 Å². The normalized spacial score (nSPS) is 10.7. The first-order chi connectivity index (χ1) is 15.3. The van der Waals surface area contributed by atoms with Gasteiger partial charge in [-0.2, -0.15) is 0 Å². The number of fused-ring (bicyclic) bond motifs is 1. The topological polar surface area (TPSA) is 114 Å². The summed E-state index contributed by atoms with van der Waals surface area (Å²) in [5, 5.41) is 5.87. The Bertz CT molecular complexity index is 1280. The fraction of sp³-hybridized carbons (Fsp3) is 0.273. The molecule has 0 spiro atoms. The van der Waals surface area contributed by atoms with Crippen LogP contribution in [0.3, 0.4) is 0 Å². The average molecular weight is 457 g/mol. The highest BCUT2D eigenvalue weighted by molar-refractivity contribution is 7.71. The largest absolute Gasteiger partial charge is 0.497 e. The number of nitrogens with one attached hydrogen (secondary N) is 3. The number of H-pyrrole nitrogens is 1. The van der Waals surface area contributed by atoms with Gasteiger partial charge in [-0.3, -0.25) is 19.0 Å². The van der Waals surface area contributed by atoms with Gasteiger partial charge in [-0.05, 0) is 49.0 Å². The Morgan fingerprint density at radius 1 is 1.09 bits per heavy atom. The van der Waals surface area contributed by atoms with Crippen molar-refractivity contribution in [2.75, 3.05) is 31.5 Å². The molecule has 0 saturated heterocycles. The lowest BCUT2D eigenvalue weighted by molar-refractivity contribution is -0.114. The summed E-state index contributed by atoms with van der Waals surface area (Å²) in [5.74, 6) is -0.174. The highest BCUT2D eigenvalue weighted by Crippen LogP contribution is 2.28. The third-order valence-corrected chi connectivity index (χ3v) is 5.08. The van der Waals surface area contributed by atoms with Gasteiger partial charge < -0.3 is 25.1 Å². The van der Waals surface area contributed by atoms with E-state index in [2.05, 4.69) is 15.6 Å². The first kappa shape index (κ1) is 23.2. The third kappa shape index (κ3) is 5.21. The summed E-state index contributed by atoms with van der Waals surface area (Å²) in [6.45, 7) is 2.33. The molecule has 2 aromatic carbocycles. The van der Waals surface area contributed by atoms with Crippen LogP contribution in [-0.4, -0.2) is 42.2 Å². The zero-order valence-electron chi connectivity index (χ0n) is 18.0. The second-order valence-corrected chi connectivity index (χ2v) is 7.43. The van der Waals surface area contributed by atoms with Crippen LogP contribution in [0.15, 0.2) is 41.2 Å². The van der Waals surface area contributed by atoms with Crippen molar-refractivity contribution in [3.05, 3.63) is 57.1 Å². The SMILES string of the molecule is COCCCn1c(=S)[nH]c2cc(C(=O)Nc3cc(OC)ccc3NC(C)=O)ccc2c1=O. The van der Waals surface area contributed by atoms with E-state index in [9.17, 15) is 14.4 Å². The van der Waals surface area contributed by atoms with E-state index in [-0.39, 0.29) is 16.2 Å². The summed E-state index contributed by atoms with van der Waals surface area (Å²) in [7, 11) is 3.10. The Labute approximate surface area is 189 Å². The van der Waals surface area contributed by atoms with Gasteiger partial charge in [-0.25, -0.2) is 0 Å². The van der Waals surface area contributed by atoms with Gasteiger partial charge in [-0.15, -0.1) is 0 Å². The maximum Gasteiger partial charge on any atom is 0.262 e. The minimum absolute atomic E-state index is 0.229. The number of carbonyl (C=O) groups excluding carboxylic acids is 2. The molecule has 3 aromatic rings. The second-order valence-electron chi connectivity index (χ2n) is 7.04. The van der Waals surface area contributed by atoms with Crippen molar-refractivity contribution in [2.45, 2.75) is 19.9 Å². The van der Waals surface area contributed by atoms with Gasteiger partial charge in [0.25, 0.3) is 11.5 Å². The van der Waals surface area contributed by atoms with Crippen molar-refractivity contribution < 1.29 is 19.1 Å². The Morgan fingerprint density at radius 2 is 1.88 bits per heavy atom. The molecule has 2 amide bonds. The number of anilines is 2. The van der Waals surface area contributed by atoms with Gasteiger partial charge in [0.15, 0.2) is 4.77 Å². The molecule has 0 aliphatic heterocycles. The molecule has 10 heteroatoms. The summed E-state index contributed by atoms with van der Waals surface area (Å²) in [4.78, 5) is 40.2. The Morgan fingerprint density at radius 3 is 2.56 bits per heavy atom. The number of methoxy groups -OCH3 is 2. The number of hydrogen-bond acceptors (Lipinski definition) is 6. The molecule has 32 heavy (non-hydrogen) atoms. The molecule has 0 aliphatic rings. The fourth-order valence-corrected chi connectivity index (χ4v) is 3.50. The van der Waals surface area contributed by atoms with Crippen LogP contribution in [0.25, 0.3) is 10.9 Å². The van der Waals surface area contributed by atoms with Crippen LogP contribution in [0.5, 0.6) is 5.75 Å². The lowest BCUT2D eigenvalue weighted by Crippen LogP contribution is -2.23. The standard InChI is InChI=1S/C22H24N4O5S/c1-13(27)23-17-8-6-15(31-3)12-19(17)24-20(28)14-5-7-16-18(11-14)25-22(32)26(21(16)29)9-4-10-30-2/h5-8,11-12H,4,9-10H2,1-3H3,(H,23,27)(H,24,28)(H,25,32). The van der Waals surface area contributed by atoms with E-state index in [1.165, 1.54) is 18.6 Å². The van der Waals surface area contributed by atoms with Crippen LogP contribution in [0.2, 0.25) is 0 Å². The summed E-state index contributed by atoms with van der Waals surface area (Å²) in [5.41, 5.74) is 1.36. The Hall–Kier alpha value is -3.50. The van der Waals surface area contributed by atoms with Crippen molar-refractivity contribution in [1.82, 2.24) is 9.55 Å². The molecule has 1 heterocycles. The number of nitrogens with zero attached hydrogens (tertiary/aromatic N) is 1. The predicted octanol–water partition coefficient (Wildman–Crippen LogP) is 3.31. The number of carbonyl (C=O) groups is 2. The van der Waals surface area contributed by atoms with Crippen molar-refractivity contribution in [3.8, 4) is 5.75 Å². The molecule has 0 bridgehead atoms. The van der Waals surface area contributed by atoms with Crippen molar-refractivity contribution in [2.24, 2.45) is 0 Å². The Kier molecular flexibility index (Phi) is 7.39. The number of benzene rings is 2. The minimum atomic E-state index is -0.421. The predicted molar refractivity (Wildman–Crippen MR) is 125 cm³/mol. The van der Waals surface area contributed by atoms with E-state index in [1.54, 1.807) is 43.5 Å². The summed E-state index contributed by atoms with van der Waals surface area (Å²) < 4.78 is 12.0. The van der Waals surface area contributed by atoms with Crippen LogP contribution < -0.4 is 20.9 Å². The van der Waals surface area contributed by atoms with Gasteiger partial charge >= 0.3 is 0 Å². The zero-order chi connectivity index (χ0) is 23.3. The molecule has 3 rings (SSSR count). The highest BCUT2D eigenvalue weighted by atomic mass is 32.1. The van der Waals surface area contributed by atoms with Crippen LogP contribution in [-0.2, 0) is 16.1 Å². The van der Waals surface area contributed by atoms with Crippen molar-refractivity contribution in [1.29, 1.82) is 0 Å². The number of hydrogen-bond donors (Lipinski definition) is 3. The first-order valence-corrected chi connectivity index (χ1v) is 10.3. The second kappa shape index (κ2) is 10.2. The quantitative estimate of drug-likeness (QED) is 0.354. The molecule has 0 radical (unpaired) electrons. The van der Waals surface area contributed by atoms with E-state index in [0.29, 0.717) is 53.2 Å². The molecule has 0 fully saturated rings. The van der Waals surface area contributed by atoms with E-state index in [0.717, 1.165) is 0 Å². The molecule has 0 saturated carbocycles. The monoisotopic (exact) mass is 456 g/mol. The van der Waals surface area contributed by atoms with Gasteiger partial charge in [0.2, 0.25) is 5.91 Å². The zero-order valence-corrected chi connectivity index (χ0v) is 18.8. The molecule has 9 nitrogen and oxygen atoms in total. The number of aromatic amines is 1. The third-order valence-electron chi connectivity index (χ3n) is 4.76. The molecule has 0 atom stereocenters. The molecule has 168 valence electrons. The van der Waals surface area contributed by atoms with Crippen LogP contribution >= 0.6 is 12.2 Å². The molecule has 0 unspecified atom stereocenters. The highest BCUT2D eigenvalue weighted by Gasteiger charge is 2.14. The van der Waals surface area contributed by atoms with E-state index in [4.69, 9.17) is 21.7 Å². The number of rotatable bonds is 8. The van der Waals surface area contributed by atoms with E-state index in [1.807, 2.05) is 0 Å². The van der Waals surface area contributed by atoms with Gasteiger partial charge in [-0.1, -0.05) is 0 Å². The molecule has 1 aromatic heterocycles. The molecule has 3 N–H and O–H groups in total. The molecular formula is C22H24N4O5S. The molecular weight excluding hydrogens is 432 g/mol. The maximum absolute atomic E-state index is 12.9. The number of amides is 2. The van der Waals surface area contributed by atoms with Crippen LogP contribution in [0.1, 0.15) is 23.7 Å². The number of ether oxygens (including phenoxy) is 2. The van der Waals surface area contributed by atoms with Crippen LogP contribution in [0, 0.1) is 4.77 Å².